The number of nitrogens with zero attached hydrogens (tertiary/aromatic N) is 3. The van der Waals surface area contributed by atoms with Crippen LogP contribution in [0.4, 0.5) is 5.95 Å². The molecule has 1 aromatic heterocycles. The molecule has 0 amide bonds. The predicted octanol–water partition coefficient (Wildman–Crippen LogP) is 2.52. The largest absolute Gasteiger partial charge is 0.467 e. The van der Waals surface area contributed by atoms with E-state index in [-0.39, 0.29) is 0 Å². The number of aromatic nitrogens is 3. The van der Waals surface area contributed by atoms with E-state index in [4.69, 9.17) is 4.74 Å². The molecule has 19 heavy (non-hydrogen) atoms. The molecule has 1 N–H and O–H groups in total. The average Bonchev–Trinajstić information content (AvgIpc) is 2.46. The lowest BCUT2D eigenvalue weighted by atomic mass is 10.1. The normalized spacial score (nSPS) is 10.3. The molecule has 1 heterocycles. The van der Waals surface area contributed by atoms with Gasteiger partial charge in [-0.25, -0.2) is 0 Å². The highest BCUT2D eigenvalue weighted by molar-refractivity contribution is 7.98. The number of hydrogen-bond donors (Lipinski definition) is 1. The van der Waals surface area contributed by atoms with Gasteiger partial charge in [-0.15, -0.1) is 0 Å². The van der Waals surface area contributed by atoms with Gasteiger partial charge in [0.15, 0.2) is 5.16 Å². The smallest absolute Gasteiger partial charge is 0.321 e. The van der Waals surface area contributed by atoms with Gasteiger partial charge in [0.05, 0.1) is 7.11 Å². The van der Waals surface area contributed by atoms with Crippen LogP contribution in [0.3, 0.4) is 0 Å². The second-order valence-electron chi connectivity index (χ2n) is 3.89. The molecule has 0 saturated carbocycles. The van der Waals surface area contributed by atoms with Crippen LogP contribution >= 0.6 is 11.8 Å². The molecule has 0 radical (unpaired) electrons. The van der Waals surface area contributed by atoms with E-state index >= 15 is 0 Å². The minimum absolute atomic E-state index is 0.326. The number of thioether (sulfide) groups is 1. The zero-order valence-corrected chi connectivity index (χ0v) is 12.0. The summed E-state index contributed by atoms with van der Waals surface area (Å²) in [5.74, 6) is 1.34. The summed E-state index contributed by atoms with van der Waals surface area (Å²) in [6, 6.07) is 8.61. The molecule has 0 aliphatic rings. The van der Waals surface area contributed by atoms with Crippen molar-refractivity contribution in [1.29, 1.82) is 0 Å². The fraction of sp³-hybridized carbons (Fsp3) is 0.308. The Kier molecular flexibility index (Phi) is 4.57. The van der Waals surface area contributed by atoms with Gasteiger partial charge in [0.1, 0.15) is 0 Å². The summed E-state index contributed by atoms with van der Waals surface area (Å²) >= 11 is 1.56. The Hall–Kier alpha value is -1.82. The Morgan fingerprint density at radius 2 is 2.00 bits per heavy atom. The molecular formula is C13H16N4OS. The maximum atomic E-state index is 5.06. The van der Waals surface area contributed by atoms with Crippen molar-refractivity contribution >= 4 is 17.7 Å². The lowest BCUT2D eigenvalue weighted by molar-refractivity contribution is 0.374. The molecule has 0 aliphatic carbocycles. The molecule has 0 unspecified atom stereocenters. The van der Waals surface area contributed by atoms with Crippen molar-refractivity contribution < 1.29 is 4.74 Å². The standard InChI is InChI=1S/C13H16N4OS/c1-9-6-4-5-7-10(9)8-19-13-16-11(14-2)15-12(17-13)18-3/h4-7H,8H2,1-3H3,(H,14,15,16,17). The maximum absolute atomic E-state index is 5.06. The van der Waals surface area contributed by atoms with Gasteiger partial charge in [-0.05, 0) is 18.1 Å². The first-order valence-corrected chi connectivity index (χ1v) is 6.86. The van der Waals surface area contributed by atoms with Gasteiger partial charge in [0, 0.05) is 12.8 Å². The van der Waals surface area contributed by atoms with E-state index in [9.17, 15) is 0 Å². The quantitative estimate of drug-likeness (QED) is 0.847. The molecule has 2 aromatic rings. The number of aryl methyl sites for hydroxylation is 1. The van der Waals surface area contributed by atoms with Gasteiger partial charge in [-0.2, -0.15) is 15.0 Å². The van der Waals surface area contributed by atoms with Crippen LogP contribution in [0.2, 0.25) is 0 Å². The van der Waals surface area contributed by atoms with E-state index in [1.54, 1.807) is 25.9 Å². The van der Waals surface area contributed by atoms with Gasteiger partial charge < -0.3 is 10.1 Å². The molecule has 0 aliphatic heterocycles. The fourth-order valence-electron chi connectivity index (χ4n) is 1.52. The van der Waals surface area contributed by atoms with E-state index in [0.29, 0.717) is 17.1 Å². The van der Waals surface area contributed by atoms with Crippen molar-refractivity contribution in [2.24, 2.45) is 0 Å². The Labute approximate surface area is 116 Å². The second-order valence-corrected chi connectivity index (χ2v) is 4.84. The number of benzene rings is 1. The van der Waals surface area contributed by atoms with Crippen molar-refractivity contribution in [3.63, 3.8) is 0 Å². The van der Waals surface area contributed by atoms with Gasteiger partial charge in [0.2, 0.25) is 5.95 Å². The maximum Gasteiger partial charge on any atom is 0.321 e. The minimum Gasteiger partial charge on any atom is -0.467 e. The van der Waals surface area contributed by atoms with Gasteiger partial charge >= 0.3 is 6.01 Å². The van der Waals surface area contributed by atoms with E-state index in [1.807, 2.05) is 12.1 Å². The number of rotatable bonds is 5. The predicted molar refractivity (Wildman–Crippen MR) is 76.7 cm³/mol. The number of nitrogens with one attached hydrogen (secondary N) is 1. The summed E-state index contributed by atoms with van der Waals surface area (Å²) in [5.41, 5.74) is 2.54. The van der Waals surface area contributed by atoms with Crippen LogP contribution in [0.5, 0.6) is 6.01 Å². The molecular weight excluding hydrogens is 260 g/mol. The van der Waals surface area contributed by atoms with Crippen LogP contribution in [0.25, 0.3) is 0 Å². The van der Waals surface area contributed by atoms with Crippen LogP contribution in [0.1, 0.15) is 11.1 Å². The fourth-order valence-corrected chi connectivity index (χ4v) is 2.42. The van der Waals surface area contributed by atoms with E-state index < -0.39 is 0 Å². The third-order valence-electron chi connectivity index (χ3n) is 2.62. The molecule has 0 bridgehead atoms. The molecule has 1 aromatic carbocycles. The number of methoxy groups -OCH3 is 1. The summed E-state index contributed by atoms with van der Waals surface area (Å²) in [4.78, 5) is 12.6. The van der Waals surface area contributed by atoms with Crippen LogP contribution in [0.15, 0.2) is 29.4 Å². The van der Waals surface area contributed by atoms with Crippen molar-refractivity contribution in [1.82, 2.24) is 15.0 Å². The third-order valence-corrected chi connectivity index (χ3v) is 3.51. The van der Waals surface area contributed by atoms with E-state index in [1.165, 1.54) is 11.1 Å². The van der Waals surface area contributed by atoms with Crippen LogP contribution < -0.4 is 10.1 Å². The highest BCUT2D eigenvalue weighted by atomic mass is 32.2. The number of ether oxygens (including phenoxy) is 1. The van der Waals surface area contributed by atoms with Gasteiger partial charge in [0.25, 0.3) is 0 Å². The zero-order valence-electron chi connectivity index (χ0n) is 11.2. The molecule has 0 atom stereocenters. The van der Waals surface area contributed by atoms with Crippen LogP contribution in [-0.2, 0) is 5.75 Å². The van der Waals surface area contributed by atoms with Crippen LogP contribution in [-0.4, -0.2) is 29.1 Å². The Bertz CT molecular complexity index is 540. The van der Waals surface area contributed by atoms with E-state index in [2.05, 4.69) is 39.3 Å². The molecule has 0 spiro atoms. The Morgan fingerprint density at radius 1 is 1.21 bits per heavy atom. The van der Waals surface area contributed by atoms with Crippen molar-refractivity contribution in [3.8, 4) is 6.01 Å². The average molecular weight is 276 g/mol. The minimum atomic E-state index is 0.326. The molecule has 5 nitrogen and oxygen atoms in total. The summed E-state index contributed by atoms with van der Waals surface area (Å²) in [7, 11) is 3.31. The van der Waals surface area contributed by atoms with Gasteiger partial charge in [-0.1, -0.05) is 36.0 Å². The van der Waals surface area contributed by atoms with Crippen molar-refractivity contribution in [3.05, 3.63) is 35.4 Å². The third kappa shape index (κ3) is 3.57. The van der Waals surface area contributed by atoms with Crippen molar-refractivity contribution in [2.75, 3.05) is 19.5 Å². The highest BCUT2D eigenvalue weighted by Gasteiger charge is 2.07. The topological polar surface area (TPSA) is 59.9 Å². The zero-order chi connectivity index (χ0) is 13.7. The summed E-state index contributed by atoms with van der Waals surface area (Å²) < 4.78 is 5.06. The van der Waals surface area contributed by atoms with Gasteiger partial charge in [-0.3, -0.25) is 0 Å². The second kappa shape index (κ2) is 6.38. The van der Waals surface area contributed by atoms with E-state index in [0.717, 1.165) is 5.75 Å². The molecule has 2 rings (SSSR count). The first kappa shape index (κ1) is 13.6. The SMILES string of the molecule is CNc1nc(OC)nc(SCc2ccccc2C)n1. The Balaban J connectivity index is 2.13. The molecule has 0 fully saturated rings. The number of anilines is 1. The summed E-state index contributed by atoms with van der Waals surface area (Å²) in [6.45, 7) is 2.10. The highest BCUT2D eigenvalue weighted by Crippen LogP contribution is 2.23. The molecule has 6 heteroatoms. The lowest BCUT2D eigenvalue weighted by Gasteiger charge is -2.06. The Morgan fingerprint density at radius 3 is 2.68 bits per heavy atom. The molecule has 100 valence electrons. The number of hydrogen-bond acceptors (Lipinski definition) is 6. The first-order valence-electron chi connectivity index (χ1n) is 5.88. The van der Waals surface area contributed by atoms with Crippen molar-refractivity contribution in [2.45, 2.75) is 17.8 Å². The lowest BCUT2D eigenvalue weighted by Crippen LogP contribution is -2.02. The first-order chi connectivity index (χ1) is 9.22. The monoisotopic (exact) mass is 276 g/mol. The van der Waals surface area contributed by atoms with Crippen LogP contribution in [0, 0.1) is 6.92 Å². The summed E-state index contributed by atoms with van der Waals surface area (Å²) in [5, 5.41) is 3.55. The summed E-state index contributed by atoms with van der Waals surface area (Å²) in [6.07, 6.45) is 0. The molecule has 0 saturated heterocycles.